The minimum Gasteiger partial charge on any atom is -0.497 e. The fourth-order valence-corrected chi connectivity index (χ4v) is 3.20. The summed E-state index contributed by atoms with van der Waals surface area (Å²) >= 11 is 1.77. The zero-order valence-corrected chi connectivity index (χ0v) is 16.3. The number of aromatic amines is 1. The van der Waals surface area contributed by atoms with Gasteiger partial charge in [-0.25, -0.2) is 9.98 Å². The van der Waals surface area contributed by atoms with Gasteiger partial charge in [0.1, 0.15) is 18.1 Å². The molecule has 0 aliphatic carbocycles. The van der Waals surface area contributed by atoms with Gasteiger partial charge in [0.05, 0.1) is 7.11 Å². The second-order valence-electron chi connectivity index (χ2n) is 5.79. The molecule has 0 bridgehead atoms. The van der Waals surface area contributed by atoms with Crippen LogP contribution in [0.5, 0.6) is 5.75 Å². The van der Waals surface area contributed by atoms with Crippen molar-refractivity contribution in [2.24, 2.45) is 4.99 Å². The van der Waals surface area contributed by atoms with Gasteiger partial charge in [-0.1, -0.05) is 6.07 Å². The Morgan fingerprint density at radius 1 is 1.22 bits per heavy atom. The maximum Gasteiger partial charge on any atom is 0.191 e. The molecule has 0 saturated carbocycles. The van der Waals surface area contributed by atoms with Gasteiger partial charge in [0, 0.05) is 23.5 Å². The van der Waals surface area contributed by atoms with Crippen molar-refractivity contribution in [2.75, 3.05) is 20.2 Å². The van der Waals surface area contributed by atoms with E-state index in [1.807, 2.05) is 31.2 Å². The number of thiophene rings is 1. The van der Waals surface area contributed by atoms with Crippen molar-refractivity contribution in [2.45, 2.75) is 19.9 Å². The molecule has 0 radical (unpaired) electrons. The number of guanidine groups is 1. The van der Waals surface area contributed by atoms with Crippen molar-refractivity contribution < 1.29 is 4.74 Å². The Labute approximate surface area is 162 Å². The molecule has 0 fully saturated rings. The molecule has 1 aromatic carbocycles. The fourth-order valence-electron chi connectivity index (χ4n) is 2.49. The van der Waals surface area contributed by atoms with Gasteiger partial charge in [-0.05, 0) is 49.1 Å². The quantitative estimate of drug-likeness (QED) is 0.411. The highest BCUT2D eigenvalue weighted by Crippen LogP contribution is 2.19. The summed E-state index contributed by atoms with van der Waals surface area (Å²) in [7, 11) is 1.65. The third kappa shape index (κ3) is 5.55. The first-order chi connectivity index (χ1) is 13.3. The monoisotopic (exact) mass is 384 g/mol. The minimum atomic E-state index is 0.428. The topological polar surface area (TPSA) is 87.2 Å². The lowest BCUT2D eigenvalue weighted by Crippen LogP contribution is -2.38. The van der Waals surface area contributed by atoms with Crippen molar-refractivity contribution in [1.82, 2.24) is 25.8 Å². The number of aromatic nitrogens is 3. The molecule has 3 rings (SSSR count). The summed E-state index contributed by atoms with van der Waals surface area (Å²) in [6.07, 6.45) is 0.978. The van der Waals surface area contributed by atoms with Crippen LogP contribution in [0.4, 0.5) is 0 Å². The maximum absolute atomic E-state index is 5.17. The van der Waals surface area contributed by atoms with E-state index in [2.05, 4.69) is 48.3 Å². The Hall–Kier alpha value is -2.87. The molecule has 0 aliphatic heterocycles. The predicted molar refractivity (Wildman–Crippen MR) is 109 cm³/mol. The second kappa shape index (κ2) is 9.72. The van der Waals surface area contributed by atoms with Gasteiger partial charge in [0.2, 0.25) is 0 Å². The molecule has 7 nitrogen and oxygen atoms in total. The van der Waals surface area contributed by atoms with Crippen LogP contribution in [0.3, 0.4) is 0 Å². The third-order valence-corrected chi connectivity index (χ3v) is 4.79. The van der Waals surface area contributed by atoms with Crippen LogP contribution in [-0.4, -0.2) is 41.3 Å². The summed E-state index contributed by atoms with van der Waals surface area (Å²) in [4.78, 5) is 10.5. The molecule has 2 heterocycles. The largest absolute Gasteiger partial charge is 0.497 e. The minimum absolute atomic E-state index is 0.428. The Kier molecular flexibility index (Phi) is 6.81. The number of hydrogen-bond donors (Lipinski definition) is 3. The van der Waals surface area contributed by atoms with Crippen LogP contribution in [0.25, 0.3) is 11.4 Å². The Balaban J connectivity index is 1.57. The summed E-state index contributed by atoms with van der Waals surface area (Å²) in [6, 6.07) is 11.9. The lowest BCUT2D eigenvalue weighted by molar-refractivity contribution is 0.415. The Morgan fingerprint density at radius 3 is 2.78 bits per heavy atom. The smallest absolute Gasteiger partial charge is 0.191 e. The van der Waals surface area contributed by atoms with E-state index in [0.29, 0.717) is 12.4 Å². The van der Waals surface area contributed by atoms with E-state index in [1.165, 1.54) is 4.88 Å². The molecule has 0 amide bonds. The lowest BCUT2D eigenvalue weighted by Gasteiger charge is -2.10. The van der Waals surface area contributed by atoms with Crippen molar-refractivity contribution in [1.29, 1.82) is 0 Å². The first-order valence-electron chi connectivity index (χ1n) is 8.88. The molecule has 142 valence electrons. The van der Waals surface area contributed by atoms with Crippen LogP contribution >= 0.6 is 11.3 Å². The van der Waals surface area contributed by atoms with E-state index in [4.69, 9.17) is 4.74 Å². The van der Waals surface area contributed by atoms with Crippen LogP contribution < -0.4 is 15.4 Å². The fraction of sp³-hybridized carbons (Fsp3) is 0.316. The number of ether oxygens (including phenoxy) is 1. The molecule has 0 atom stereocenters. The van der Waals surface area contributed by atoms with Gasteiger partial charge in [0.25, 0.3) is 0 Å². The first-order valence-corrected chi connectivity index (χ1v) is 9.76. The summed E-state index contributed by atoms with van der Waals surface area (Å²) < 4.78 is 5.17. The number of methoxy groups -OCH3 is 1. The summed E-state index contributed by atoms with van der Waals surface area (Å²) in [5, 5.41) is 15.9. The molecule has 0 spiro atoms. The molecule has 3 aromatic rings. The third-order valence-electron chi connectivity index (χ3n) is 3.86. The molecular weight excluding hydrogens is 360 g/mol. The number of nitrogens with zero attached hydrogens (tertiary/aromatic N) is 3. The summed E-state index contributed by atoms with van der Waals surface area (Å²) in [6.45, 7) is 4.11. The maximum atomic E-state index is 5.17. The van der Waals surface area contributed by atoms with E-state index >= 15 is 0 Å². The van der Waals surface area contributed by atoms with Gasteiger partial charge in [0.15, 0.2) is 11.8 Å². The molecular formula is C19H24N6OS. The number of nitrogens with one attached hydrogen (secondary N) is 3. The van der Waals surface area contributed by atoms with E-state index in [9.17, 15) is 0 Å². The molecule has 3 N–H and O–H groups in total. The van der Waals surface area contributed by atoms with E-state index in [1.54, 1.807) is 18.4 Å². The standard InChI is InChI=1S/C19H24N6OS/c1-3-20-19(21-11-10-16-5-4-12-27-16)22-13-17-23-18(25-24-17)14-6-8-15(26-2)9-7-14/h4-9,12H,3,10-11,13H2,1-2H3,(H2,20,21,22)(H,23,24,25). The normalized spacial score (nSPS) is 11.4. The second-order valence-corrected chi connectivity index (χ2v) is 6.82. The Morgan fingerprint density at radius 2 is 2.07 bits per heavy atom. The predicted octanol–water partition coefficient (Wildman–Crippen LogP) is 2.84. The number of aliphatic imine (C=N–C) groups is 1. The van der Waals surface area contributed by atoms with Crippen LogP contribution in [0.2, 0.25) is 0 Å². The van der Waals surface area contributed by atoms with Crippen LogP contribution in [0, 0.1) is 0 Å². The highest BCUT2D eigenvalue weighted by molar-refractivity contribution is 7.09. The van der Waals surface area contributed by atoms with Gasteiger partial charge in [-0.3, -0.25) is 5.10 Å². The van der Waals surface area contributed by atoms with Crippen LogP contribution in [0.15, 0.2) is 46.8 Å². The molecule has 0 saturated heterocycles. The lowest BCUT2D eigenvalue weighted by atomic mass is 10.2. The van der Waals surface area contributed by atoms with E-state index < -0.39 is 0 Å². The van der Waals surface area contributed by atoms with Crippen molar-refractivity contribution in [3.05, 3.63) is 52.5 Å². The summed E-state index contributed by atoms with van der Waals surface area (Å²) in [5.41, 5.74) is 0.934. The first kappa shape index (κ1) is 18.9. The average Bonchev–Trinajstić information content (AvgIpc) is 3.38. The van der Waals surface area contributed by atoms with Gasteiger partial charge in [-0.2, -0.15) is 5.10 Å². The van der Waals surface area contributed by atoms with Crippen molar-refractivity contribution in [3.8, 4) is 17.1 Å². The number of rotatable bonds is 8. The van der Waals surface area contributed by atoms with Crippen molar-refractivity contribution in [3.63, 3.8) is 0 Å². The highest BCUT2D eigenvalue weighted by Gasteiger charge is 2.06. The van der Waals surface area contributed by atoms with E-state index in [0.717, 1.165) is 42.6 Å². The number of H-pyrrole nitrogens is 1. The van der Waals surface area contributed by atoms with Gasteiger partial charge in [-0.15, -0.1) is 11.3 Å². The van der Waals surface area contributed by atoms with Crippen molar-refractivity contribution >= 4 is 17.3 Å². The zero-order valence-electron chi connectivity index (χ0n) is 15.5. The highest BCUT2D eigenvalue weighted by atomic mass is 32.1. The van der Waals surface area contributed by atoms with E-state index in [-0.39, 0.29) is 0 Å². The zero-order chi connectivity index (χ0) is 18.9. The molecule has 0 unspecified atom stereocenters. The molecule has 2 aromatic heterocycles. The number of hydrogen-bond acceptors (Lipinski definition) is 5. The average molecular weight is 385 g/mol. The SMILES string of the molecule is CCNC(=NCc1nc(-c2ccc(OC)cc2)n[nH]1)NCCc1cccs1. The van der Waals surface area contributed by atoms with Gasteiger partial charge < -0.3 is 15.4 Å². The number of benzene rings is 1. The van der Waals surface area contributed by atoms with Gasteiger partial charge >= 0.3 is 0 Å². The molecule has 27 heavy (non-hydrogen) atoms. The van der Waals surface area contributed by atoms with Crippen LogP contribution in [0.1, 0.15) is 17.6 Å². The molecule has 8 heteroatoms. The van der Waals surface area contributed by atoms with Crippen LogP contribution in [-0.2, 0) is 13.0 Å². The Bertz CT molecular complexity index is 841. The molecule has 0 aliphatic rings. The summed E-state index contributed by atoms with van der Waals surface area (Å²) in [5.74, 6) is 2.95.